The van der Waals surface area contributed by atoms with Gasteiger partial charge in [-0.05, 0) is 42.8 Å². The molecular formula is C15H25NO3S. The van der Waals surface area contributed by atoms with E-state index in [-0.39, 0.29) is 17.7 Å². The molecule has 2 aliphatic carbocycles. The van der Waals surface area contributed by atoms with E-state index in [2.05, 4.69) is 12.2 Å². The van der Waals surface area contributed by atoms with Crippen LogP contribution in [0.3, 0.4) is 0 Å². The van der Waals surface area contributed by atoms with Gasteiger partial charge in [0.15, 0.2) is 0 Å². The van der Waals surface area contributed by atoms with Crippen molar-refractivity contribution in [3.05, 3.63) is 0 Å². The standard InChI is InChI=1S/C15H25NO3S/c1-11-4-2-3-5-12(11)16-13(17)9-20-10-15(6-7-15)8-14(18)19/h11-12H,2-10H2,1H3,(H,16,17)(H,18,19). The molecule has 2 rings (SSSR count). The van der Waals surface area contributed by atoms with E-state index in [1.54, 1.807) is 11.8 Å². The minimum absolute atomic E-state index is 0.0189. The Morgan fingerprint density at radius 2 is 2.00 bits per heavy atom. The van der Waals surface area contributed by atoms with Gasteiger partial charge in [0.25, 0.3) is 0 Å². The molecular weight excluding hydrogens is 274 g/mol. The molecule has 2 unspecified atom stereocenters. The lowest BCUT2D eigenvalue weighted by molar-refractivity contribution is -0.138. The van der Waals surface area contributed by atoms with Crippen molar-refractivity contribution in [3.8, 4) is 0 Å². The number of rotatable bonds is 7. The zero-order chi connectivity index (χ0) is 14.6. The highest BCUT2D eigenvalue weighted by atomic mass is 32.2. The summed E-state index contributed by atoms with van der Waals surface area (Å²) in [6, 6.07) is 0.339. The topological polar surface area (TPSA) is 66.4 Å². The van der Waals surface area contributed by atoms with Gasteiger partial charge >= 0.3 is 5.97 Å². The molecule has 20 heavy (non-hydrogen) atoms. The highest BCUT2D eigenvalue weighted by Crippen LogP contribution is 2.50. The van der Waals surface area contributed by atoms with Crippen molar-refractivity contribution >= 4 is 23.6 Å². The van der Waals surface area contributed by atoms with E-state index < -0.39 is 5.97 Å². The summed E-state index contributed by atoms with van der Waals surface area (Å²) in [6.45, 7) is 2.21. The second kappa shape index (κ2) is 6.83. The normalized spacial score (nSPS) is 27.9. The van der Waals surface area contributed by atoms with E-state index in [4.69, 9.17) is 5.11 Å². The van der Waals surface area contributed by atoms with Crippen LogP contribution in [0.1, 0.15) is 51.9 Å². The van der Waals surface area contributed by atoms with Gasteiger partial charge in [0.1, 0.15) is 0 Å². The first-order valence-corrected chi connectivity index (χ1v) is 8.75. The molecule has 0 aliphatic heterocycles. The third-order valence-electron chi connectivity index (χ3n) is 4.58. The fourth-order valence-electron chi connectivity index (χ4n) is 3.01. The van der Waals surface area contributed by atoms with E-state index in [0.29, 0.717) is 17.7 Å². The number of carbonyl (C=O) groups excluding carboxylic acids is 1. The minimum atomic E-state index is -0.719. The van der Waals surface area contributed by atoms with Crippen molar-refractivity contribution in [1.82, 2.24) is 5.32 Å². The number of nitrogens with one attached hydrogen (secondary N) is 1. The first kappa shape index (κ1) is 15.7. The van der Waals surface area contributed by atoms with Crippen LogP contribution in [0.4, 0.5) is 0 Å². The average molecular weight is 299 g/mol. The molecule has 2 atom stereocenters. The molecule has 5 heteroatoms. The predicted molar refractivity (Wildman–Crippen MR) is 80.8 cm³/mol. The number of hydrogen-bond acceptors (Lipinski definition) is 3. The second-order valence-corrected chi connectivity index (χ2v) is 7.48. The van der Waals surface area contributed by atoms with E-state index in [9.17, 15) is 9.59 Å². The highest BCUT2D eigenvalue weighted by Gasteiger charge is 2.44. The number of thioether (sulfide) groups is 1. The van der Waals surface area contributed by atoms with Gasteiger partial charge in [-0.25, -0.2) is 0 Å². The fraction of sp³-hybridized carbons (Fsp3) is 0.867. The summed E-state index contributed by atoms with van der Waals surface area (Å²) in [5.74, 6) is 1.24. The first-order valence-electron chi connectivity index (χ1n) is 7.60. The molecule has 2 aliphatic rings. The van der Waals surface area contributed by atoms with Crippen LogP contribution in [0, 0.1) is 11.3 Å². The monoisotopic (exact) mass is 299 g/mol. The molecule has 0 spiro atoms. The maximum absolute atomic E-state index is 11.9. The summed E-state index contributed by atoms with van der Waals surface area (Å²) < 4.78 is 0. The van der Waals surface area contributed by atoms with Crippen molar-refractivity contribution in [2.45, 2.75) is 57.9 Å². The molecule has 0 bridgehead atoms. The van der Waals surface area contributed by atoms with Crippen molar-refractivity contribution in [3.63, 3.8) is 0 Å². The second-order valence-electron chi connectivity index (χ2n) is 6.50. The van der Waals surface area contributed by atoms with E-state index in [0.717, 1.165) is 25.0 Å². The van der Waals surface area contributed by atoms with Gasteiger partial charge in [-0.15, -0.1) is 0 Å². The van der Waals surface area contributed by atoms with Crippen LogP contribution in [-0.2, 0) is 9.59 Å². The molecule has 1 amide bonds. The van der Waals surface area contributed by atoms with Gasteiger partial charge in [0.2, 0.25) is 5.91 Å². The molecule has 0 heterocycles. The van der Waals surface area contributed by atoms with Crippen LogP contribution in [0.2, 0.25) is 0 Å². The van der Waals surface area contributed by atoms with E-state index >= 15 is 0 Å². The third kappa shape index (κ3) is 4.69. The maximum atomic E-state index is 11.9. The van der Waals surface area contributed by atoms with Crippen LogP contribution in [0.25, 0.3) is 0 Å². The van der Waals surface area contributed by atoms with E-state index in [1.807, 2.05) is 0 Å². The highest BCUT2D eigenvalue weighted by molar-refractivity contribution is 7.99. The Morgan fingerprint density at radius 3 is 2.60 bits per heavy atom. The summed E-state index contributed by atoms with van der Waals surface area (Å²) in [5.41, 5.74) is -0.0189. The third-order valence-corrected chi connectivity index (χ3v) is 5.87. The minimum Gasteiger partial charge on any atom is -0.481 e. The Labute approximate surface area is 125 Å². The molecule has 2 saturated carbocycles. The van der Waals surface area contributed by atoms with Gasteiger partial charge in [-0.2, -0.15) is 11.8 Å². The largest absolute Gasteiger partial charge is 0.481 e. The van der Waals surface area contributed by atoms with Gasteiger partial charge in [0, 0.05) is 6.04 Å². The summed E-state index contributed by atoms with van der Waals surface area (Å²) in [5, 5.41) is 12.0. The SMILES string of the molecule is CC1CCCCC1NC(=O)CSCC1(CC(=O)O)CC1. The van der Waals surface area contributed by atoms with Crippen LogP contribution < -0.4 is 5.32 Å². The lowest BCUT2D eigenvalue weighted by atomic mass is 9.86. The summed E-state index contributed by atoms with van der Waals surface area (Å²) in [6.07, 6.45) is 7.03. The number of carboxylic acid groups (broad SMARTS) is 1. The Bertz CT molecular complexity index is 368. The smallest absolute Gasteiger partial charge is 0.303 e. The molecule has 0 saturated heterocycles. The quantitative estimate of drug-likeness (QED) is 0.758. The fourth-order valence-corrected chi connectivity index (χ4v) is 4.20. The Hall–Kier alpha value is -0.710. The average Bonchev–Trinajstić information content (AvgIpc) is 3.11. The number of carbonyl (C=O) groups is 2. The van der Waals surface area contributed by atoms with Crippen molar-refractivity contribution in [2.24, 2.45) is 11.3 Å². The number of aliphatic carboxylic acids is 1. The molecule has 114 valence electrons. The summed E-state index contributed by atoms with van der Waals surface area (Å²) in [4.78, 5) is 22.7. The molecule has 0 aromatic rings. The Morgan fingerprint density at radius 1 is 1.30 bits per heavy atom. The summed E-state index contributed by atoms with van der Waals surface area (Å²) in [7, 11) is 0. The van der Waals surface area contributed by atoms with Gasteiger partial charge in [-0.3, -0.25) is 9.59 Å². The maximum Gasteiger partial charge on any atom is 0.303 e. The molecule has 0 radical (unpaired) electrons. The van der Waals surface area contributed by atoms with Crippen molar-refractivity contribution < 1.29 is 14.7 Å². The van der Waals surface area contributed by atoms with Crippen LogP contribution in [0.15, 0.2) is 0 Å². The molecule has 0 aromatic heterocycles. The summed E-state index contributed by atoms with van der Waals surface area (Å²) >= 11 is 1.59. The van der Waals surface area contributed by atoms with Crippen LogP contribution in [-0.4, -0.2) is 34.5 Å². The van der Waals surface area contributed by atoms with Crippen molar-refractivity contribution in [2.75, 3.05) is 11.5 Å². The van der Waals surface area contributed by atoms with Crippen molar-refractivity contribution in [1.29, 1.82) is 0 Å². The van der Waals surface area contributed by atoms with Crippen LogP contribution >= 0.6 is 11.8 Å². The zero-order valence-corrected chi connectivity index (χ0v) is 13.0. The van der Waals surface area contributed by atoms with E-state index in [1.165, 1.54) is 19.3 Å². The van der Waals surface area contributed by atoms with Gasteiger partial charge in [0.05, 0.1) is 12.2 Å². The zero-order valence-electron chi connectivity index (χ0n) is 12.2. The number of carboxylic acids is 1. The van der Waals surface area contributed by atoms with Gasteiger partial charge in [-0.1, -0.05) is 19.8 Å². The predicted octanol–water partition coefficient (Wildman–Crippen LogP) is 2.67. The molecule has 4 nitrogen and oxygen atoms in total. The Kier molecular flexibility index (Phi) is 5.35. The molecule has 2 N–H and O–H groups in total. The first-order chi connectivity index (χ1) is 9.51. The molecule has 2 fully saturated rings. The lowest BCUT2D eigenvalue weighted by Crippen LogP contribution is -2.42. The molecule has 0 aromatic carbocycles. The Balaban J connectivity index is 1.64. The number of amides is 1. The van der Waals surface area contributed by atoms with Crippen LogP contribution in [0.5, 0.6) is 0 Å². The lowest BCUT2D eigenvalue weighted by Gasteiger charge is -2.29. The van der Waals surface area contributed by atoms with Gasteiger partial charge < -0.3 is 10.4 Å². The number of hydrogen-bond donors (Lipinski definition) is 2.